The van der Waals surface area contributed by atoms with Crippen molar-refractivity contribution in [3.63, 3.8) is 0 Å². The number of amides is 1. The topological polar surface area (TPSA) is 66.5 Å². The third kappa shape index (κ3) is 7.69. The van der Waals surface area contributed by atoms with Crippen LogP contribution in [0, 0.1) is 20.8 Å². The van der Waals surface area contributed by atoms with E-state index in [0.29, 0.717) is 31.6 Å². The van der Waals surface area contributed by atoms with Gasteiger partial charge in [-0.2, -0.15) is 11.8 Å². The normalized spacial score (nSPS) is 11.3. The van der Waals surface area contributed by atoms with Crippen LogP contribution in [0.3, 0.4) is 0 Å². The van der Waals surface area contributed by atoms with Crippen molar-refractivity contribution >= 4 is 33.4 Å². The number of benzene rings is 2. The molecule has 0 unspecified atom stereocenters. The summed E-state index contributed by atoms with van der Waals surface area (Å²) >= 11 is 1.79. The van der Waals surface area contributed by atoms with E-state index >= 15 is 0 Å². The zero-order valence-electron chi connectivity index (χ0n) is 18.3. The maximum absolute atomic E-state index is 12.3. The third-order valence-electron chi connectivity index (χ3n) is 4.93. The predicted octanol–water partition coefficient (Wildman–Crippen LogP) is 4.21. The van der Waals surface area contributed by atoms with Gasteiger partial charge < -0.3 is 5.32 Å². The van der Waals surface area contributed by atoms with Gasteiger partial charge in [0.25, 0.3) is 0 Å². The lowest BCUT2D eigenvalue weighted by molar-refractivity contribution is -0.121. The molecule has 0 bridgehead atoms. The molecule has 5 nitrogen and oxygen atoms in total. The molecule has 0 radical (unpaired) electrons. The second kappa shape index (κ2) is 11.4. The lowest BCUT2D eigenvalue weighted by Crippen LogP contribution is -2.33. The number of nitrogens with one attached hydrogen (secondary N) is 1. The highest BCUT2D eigenvalue weighted by atomic mass is 32.2. The van der Waals surface area contributed by atoms with Crippen LogP contribution in [0.25, 0.3) is 0 Å². The molecule has 0 aliphatic rings. The Morgan fingerprint density at radius 1 is 1.10 bits per heavy atom. The smallest absolute Gasteiger partial charge is 0.232 e. The van der Waals surface area contributed by atoms with Crippen LogP contribution >= 0.6 is 11.8 Å². The molecule has 0 aromatic heterocycles. The number of aryl methyl sites for hydroxylation is 2. The van der Waals surface area contributed by atoms with Gasteiger partial charge in [-0.05, 0) is 49.9 Å². The van der Waals surface area contributed by atoms with E-state index in [-0.39, 0.29) is 5.91 Å². The number of carbonyl (C=O) groups excluding carboxylic acids is 1. The van der Waals surface area contributed by atoms with E-state index in [4.69, 9.17) is 0 Å². The number of carbonyl (C=O) groups is 1. The van der Waals surface area contributed by atoms with E-state index in [1.54, 1.807) is 11.8 Å². The molecule has 1 N–H and O–H groups in total. The molecule has 1 amide bonds. The summed E-state index contributed by atoms with van der Waals surface area (Å²) in [6, 6.07) is 14.1. The summed E-state index contributed by atoms with van der Waals surface area (Å²) in [5.74, 6) is 1.73. The fourth-order valence-electron chi connectivity index (χ4n) is 3.20. The Kier molecular flexibility index (Phi) is 9.24. The van der Waals surface area contributed by atoms with Crippen molar-refractivity contribution < 1.29 is 13.2 Å². The number of nitrogens with zero attached hydrogens (tertiary/aromatic N) is 1. The maximum atomic E-state index is 12.3. The Morgan fingerprint density at radius 3 is 2.53 bits per heavy atom. The van der Waals surface area contributed by atoms with Crippen molar-refractivity contribution in [3.8, 4) is 0 Å². The van der Waals surface area contributed by atoms with Gasteiger partial charge in [0, 0.05) is 31.0 Å². The number of rotatable bonds is 11. The monoisotopic (exact) mass is 448 g/mol. The number of hydrogen-bond donors (Lipinski definition) is 1. The summed E-state index contributed by atoms with van der Waals surface area (Å²) in [4.78, 5) is 12.1. The van der Waals surface area contributed by atoms with Crippen LogP contribution in [0.15, 0.2) is 42.5 Å². The fourth-order valence-corrected chi connectivity index (χ4v) is 5.02. The minimum Gasteiger partial charge on any atom is -0.355 e. The lowest BCUT2D eigenvalue weighted by atomic mass is 10.1. The van der Waals surface area contributed by atoms with Crippen LogP contribution in [0.5, 0.6) is 0 Å². The first kappa shape index (κ1) is 24.3. The molecule has 0 aliphatic carbocycles. The number of thioether (sulfide) groups is 1. The second-order valence-corrected chi connectivity index (χ2v) is 10.6. The summed E-state index contributed by atoms with van der Waals surface area (Å²) < 4.78 is 26.0. The van der Waals surface area contributed by atoms with Crippen LogP contribution in [-0.2, 0) is 20.6 Å². The molecule has 0 saturated carbocycles. The summed E-state index contributed by atoms with van der Waals surface area (Å²) in [5, 5.41) is 2.93. The Hall–Kier alpha value is -1.99. The standard InChI is InChI=1S/C23H32N2O3S2/c1-18-8-5-10-21(16-18)17-29-15-13-24-23(26)12-7-14-25(30(4,27)28)22-11-6-9-19(2)20(22)3/h5-6,8-11,16H,7,12-15,17H2,1-4H3,(H,24,26). The molecular formula is C23H32N2O3S2. The van der Waals surface area contributed by atoms with Crippen molar-refractivity contribution in [1.82, 2.24) is 5.32 Å². The highest BCUT2D eigenvalue weighted by molar-refractivity contribution is 7.98. The minimum absolute atomic E-state index is 0.0411. The van der Waals surface area contributed by atoms with Crippen LogP contribution in [-0.4, -0.2) is 39.4 Å². The van der Waals surface area contributed by atoms with Crippen LogP contribution < -0.4 is 9.62 Å². The summed E-state index contributed by atoms with van der Waals surface area (Å²) in [6.45, 7) is 6.87. The van der Waals surface area contributed by atoms with E-state index in [9.17, 15) is 13.2 Å². The highest BCUT2D eigenvalue weighted by Crippen LogP contribution is 2.25. The number of sulfonamides is 1. The number of anilines is 1. The van der Waals surface area contributed by atoms with Crippen LogP contribution in [0.2, 0.25) is 0 Å². The molecule has 2 rings (SSSR count). The molecule has 0 saturated heterocycles. The Morgan fingerprint density at radius 2 is 1.83 bits per heavy atom. The van der Waals surface area contributed by atoms with E-state index < -0.39 is 10.0 Å². The van der Waals surface area contributed by atoms with Gasteiger partial charge in [-0.3, -0.25) is 9.10 Å². The van der Waals surface area contributed by atoms with E-state index in [2.05, 4.69) is 36.5 Å². The molecule has 7 heteroatoms. The van der Waals surface area contributed by atoms with Gasteiger partial charge in [0.1, 0.15) is 0 Å². The van der Waals surface area contributed by atoms with Crippen molar-refractivity contribution in [1.29, 1.82) is 0 Å². The summed E-state index contributed by atoms with van der Waals surface area (Å²) in [7, 11) is -3.41. The molecule has 2 aromatic carbocycles. The Bertz CT molecular complexity index is 959. The van der Waals surface area contributed by atoms with Gasteiger partial charge in [0.2, 0.25) is 15.9 Å². The molecule has 30 heavy (non-hydrogen) atoms. The van der Waals surface area contributed by atoms with Crippen molar-refractivity contribution in [3.05, 3.63) is 64.7 Å². The summed E-state index contributed by atoms with van der Waals surface area (Å²) in [6.07, 6.45) is 1.99. The molecular weight excluding hydrogens is 416 g/mol. The first-order valence-corrected chi connectivity index (χ1v) is 13.1. The SMILES string of the molecule is Cc1cccc(CSCCNC(=O)CCCN(c2cccc(C)c2C)S(C)(=O)=O)c1. The van der Waals surface area contributed by atoms with E-state index in [0.717, 1.165) is 22.6 Å². The van der Waals surface area contributed by atoms with Gasteiger partial charge in [-0.1, -0.05) is 42.0 Å². The third-order valence-corrected chi connectivity index (χ3v) is 7.14. The Labute approximate surface area is 185 Å². The Balaban J connectivity index is 1.74. The van der Waals surface area contributed by atoms with E-state index in [1.165, 1.54) is 21.7 Å². The van der Waals surface area contributed by atoms with Gasteiger partial charge in [0.05, 0.1) is 11.9 Å². The van der Waals surface area contributed by atoms with Crippen molar-refractivity contribution in [2.45, 2.75) is 39.4 Å². The number of hydrogen-bond acceptors (Lipinski definition) is 4. The largest absolute Gasteiger partial charge is 0.355 e. The molecule has 0 atom stereocenters. The van der Waals surface area contributed by atoms with Gasteiger partial charge in [-0.25, -0.2) is 8.42 Å². The first-order valence-electron chi connectivity index (χ1n) is 10.1. The fraction of sp³-hybridized carbons (Fsp3) is 0.435. The molecule has 164 valence electrons. The predicted molar refractivity (Wildman–Crippen MR) is 128 cm³/mol. The van der Waals surface area contributed by atoms with E-state index in [1.807, 2.05) is 32.0 Å². The molecule has 0 aliphatic heterocycles. The quantitative estimate of drug-likeness (QED) is 0.523. The average Bonchev–Trinajstić information content (AvgIpc) is 2.67. The highest BCUT2D eigenvalue weighted by Gasteiger charge is 2.19. The second-order valence-electron chi connectivity index (χ2n) is 7.55. The minimum atomic E-state index is -3.41. The van der Waals surface area contributed by atoms with Gasteiger partial charge >= 0.3 is 0 Å². The van der Waals surface area contributed by atoms with Crippen molar-refractivity contribution in [2.24, 2.45) is 0 Å². The average molecular weight is 449 g/mol. The first-order chi connectivity index (χ1) is 14.2. The molecule has 0 fully saturated rings. The van der Waals surface area contributed by atoms with Gasteiger partial charge in [-0.15, -0.1) is 0 Å². The maximum Gasteiger partial charge on any atom is 0.232 e. The van der Waals surface area contributed by atoms with Crippen molar-refractivity contribution in [2.75, 3.05) is 29.4 Å². The molecule has 0 spiro atoms. The molecule has 0 heterocycles. The zero-order chi connectivity index (χ0) is 22.1. The zero-order valence-corrected chi connectivity index (χ0v) is 19.9. The lowest BCUT2D eigenvalue weighted by Gasteiger charge is -2.24. The van der Waals surface area contributed by atoms with Crippen LogP contribution in [0.1, 0.15) is 35.1 Å². The van der Waals surface area contributed by atoms with Crippen LogP contribution in [0.4, 0.5) is 5.69 Å². The van der Waals surface area contributed by atoms with Gasteiger partial charge in [0.15, 0.2) is 0 Å². The summed E-state index contributed by atoms with van der Waals surface area (Å²) in [5.41, 5.74) is 5.22. The molecule has 2 aromatic rings.